The Morgan fingerprint density at radius 2 is 1.80 bits per heavy atom. The maximum atomic E-state index is 13.9. The maximum Gasteiger partial charge on any atom is 0.223 e. The van der Waals surface area contributed by atoms with Crippen molar-refractivity contribution in [3.63, 3.8) is 0 Å². The highest BCUT2D eigenvalue weighted by atomic mass is 32.1. The number of halogens is 1. The summed E-state index contributed by atoms with van der Waals surface area (Å²) in [7, 11) is 0. The lowest BCUT2D eigenvalue weighted by Crippen LogP contribution is -2.45. The van der Waals surface area contributed by atoms with E-state index >= 15 is 0 Å². The van der Waals surface area contributed by atoms with Crippen LogP contribution in [0, 0.1) is 18.0 Å². The molecule has 2 aromatic rings. The van der Waals surface area contributed by atoms with Gasteiger partial charge in [-0.05, 0) is 64.0 Å². The molecule has 8 heteroatoms. The molecule has 0 aromatic carbocycles. The average molecular weight is 502 g/mol. The Kier molecular flexibility index (Phi) is 7.58. The van der Waals surface area contributed by atoms with Crippen LogP contribution in [0.4, 0.5) is 4.39 Å². The predicted octanol–water partition coefficient (Wildman–Crippen LogP) is 5.91. The van der Waals surface area contributed by atoms with Crippen LogP contribution in [0.5, 0.6) is 0 Å². The fourth-order valence-corrected chi connectivity index (χ4v) is 7.60. The van der Waals surface area contributed by atoms with Crippen molar-refractivity contribution in [3.05, 3.63) is 33.8 Å². The highest BCUT2D eigenvalue weighted by molar-refractivity contribution is 7.10. The zero-order valence-corrected chi connectivity index (χ0v) is 22.2. The molecule has 1 aliphatic carbocycles. The summed E-state index contributed by atoms with van der Waals surface area (Å²) >= 11 is 1.18. The third-order valence-corrected chi connectivity index (χ3v) is 9.53. The van der Waals surface area contributed by atoms with Crippen molar-refractivity contribution in [1.29, 1.82) is 0 Å². The highest BCUT2D eigenvalue weighted by Crippen LogP contribution is 2.42. The van der Waals surface area contributed by atoms with Crippen molar-refractivity contribution in [2.45, 2.75) is 115 Å². The van der Waals surface area contributed by atoms with Gasteiger partial charge in [-0.1, -0.05) is 33.1 Å². The fraction of sp³-hybridized carbons (Fsp3) is 0.741. The topological polar surface area (TPSA) is 63.1 Å². The minimum Gasteiger partial charge on any atom is -0.348 e. The van der Waals surface area contributed by atoms with Gasteiger partial charge in [-0.25, -0.2) is 0 Å². The van der Waals surface area contributed by atoms with Gasteiger partial charge in [0, 0.05) is 41.4 Å². The van der Waals surface area contributed by atoms with Gasteiger partial charge in [-0.2, -0.15) is 4.39 Å². The average Bonchev–Trinajstić information content (AvgIpc) is 3.52. The monoisotopic (exact) mass is 501 g/mol. The molecule has 6 nitrogen and oxygen atoms in total. The second-order valence-electron chi connectivity index (χ2n) is 11.2. The predicted molar refractivity (Wildman–Crippen MR) is 137 cm³/mol. The Balaban J connectivity index is 1.25. The number of carbonyl (C=O) groups excluding carboxylic acids is 1. The van der Waals surface area contributed by atoms with E-state index in [0.29, 0.717) is 24.0 Å². The van der Waals surface area contributed by atoms with Crippen LogP contribution in [0.15, 0.2) is 12.1 Å². The molecule has 1 N–H and O–H groups in total. The van der Waals surface area contributed by atoms with Crippen molar-refractivity contribution >= 4 is 17.2 Å². The van der Waals surface area contributed by atoms with E-state index in [1.807, 2.05) is 6.07 Å². The normalized spacial score (nSPS) is 26.4. The lowest BCUT2D eigenvalue weighted by atomic mass is 9.88. The molecule has 1 amide bonds. The lowest BCUT2D eigenvalue weighted by Gasteiger charge is -2.40. The number of hydrogen-bond donors (Lipinski definition) is 1. The molecule has 4 atom stereocenters. The van der Waals surface area contributed by atoms with Crippen molar-refractivity contribution in [3.8, 4) is 0 Å². The van der Waals surface area contributed by atoms with Gasteiger partial charge in [0.2, 0.25) is 5.91 Å². The summed E-state index contributed by atoms with van der Waals surface area (Å²) in [4.78, 5) is 16.7. The van der Waals surface area contributed by atoms with E-state index in [1.54, 1.807) is 0 Å². The summed E-state index contributed by atoms with van der Waals surface area (Å²) in [5, 5.41) is 12.0. The molecular formula is C27H40FN5OS. The van der Waals surface area contributed by atoms with Crippen molar-refractivity contribution < 1.29 is 9.18 Å². The molecule has 4 heterocycles. The smallest absolute Gasteiger partial charge is 0.223 e. The Morgan fingerprint density at radius 3 is 2.43 bits per heavy atom. The van der Waals surface area contributed by atoms with E-state index < -0.39 is 0 Å². The zero-order chi connectivity index (χ0) is 24.5. The van der Waals surface area contributed by atoms with Crippen LogP contribution in [-0.4, -0.2) is 44.2 Å². The summed E-state index contributed by atoms with van der Waals surface area (Å²) in [5.41, 5.74) is 0. The number of thiophene rings is 1. The molecule has 35 heavy (non-hydrogen) atoms. The van der Waals surface area contributed by atoms with E-state index in [0.717, 1.165) is 68.0 Å². The van der Waals surface area contributed by atoms with Crippen LogP contribution in [0.1, 0.15) is 113 Å². The summed E-state index contributed by atoms with van der Waals surface area (Å²) in [6.45, 7) is 7.40. The summed E-state index contributed by atoms with van der Waals surface area (Å²) in [6.07, 6.45) is 11.0. The molecule has 2 aromatic heterocycles. The van der Waals surface area contributed by atoms with Gasteiger partial charge in [-0.3, -0.25) is 9.69 Å². The van der Waals surface area contributed by atoms with Crippen LogP contribution in [0.25, 0.3) is 0 Å². The second kappa shape index (κ2) is 10.7. The number of rotatable bonds is 8. The quantitative estimate of drug-likeness (QED) is 0.489. The number of amides is 1. The first-order valence-electron chi connectivity index (χ1n) is 13.6. The van der Waals surface area contributed by atoms with Gasteiger partial charge >= 0.3 is 0 Å². The molecule has 1 saturated carbocycles. The molecule has 192 valence electrons. The van der Waals surface area contributed by atoms with E-state index in [-0.39, 0.29) is 23.0 Å². The Bertz CT molecular complexity index is 999. The SMILES string of the molecule is Cc1nnc(C(C)C)n1C1C[C@H]2CC[C@@H](C1)N2CC[C@H](NC(=O)C1CCCCC1)c1ccc(F)s1. The molecule has 5 rings (SSSR count). The number of hydrogen-bond acceptors (Lipinski definition) is 5. The van der Waals surface area contributed by atoms with Gasteiger partial charge in [-0.15, -0.1) is 21.5 Å². The maximum absolute atomic E-state index is 13.9. The van der Waals surface area contributed by atoms with E-state index in [9.17, 15) is 9.18 Å². The van der Waals surface area contributed by atoms with Crippen LogP contribution in [0.2, 0.25) is 0 Å². The molecule has 1 unspecified atom stereocenters. The summed E-state index contributed by atoms with van der Waals surface area (Å²) in [5.74, 6) is 2.77. The van der Waals surface area contributed by atoms with Gasteiger partial charge in [0.15, 0.2) is 5.13 Å². The molecule has 2 saturated heterocycles. The van der Waals surface area contributed by atoms with Gasteiger partial charge in [0.25, 0.3) is 0 Å². The number of fused-ring (bicyclic) bond motifs is 2. The minimum atomic E-state index is -0.178. The Labute approximate surface area is 212 Å². The number of piperidine rings is 1. The fourth-order valence-electron chi connectivity index (χ4n) is 6.79. The summed E-state index contributed by atoms with van der Waals surface area (Å²) in [6, 6.07) is 4.84. The van der Waals surface area contributed by atoms with Gasteiger partial charge < -0.3 is 9.88 Å². The third-order valence-electron chi connectivity index (χ3n) is 8.54. The molecule has 0 spiro atoms. The highest BCUT2D eigenvalue weighted by Gasteiger charge is 2.42. The lowest BCUT2D eigenvalue weighted by molar-refractivity contribution is -0.126. The van der Waals surface area contributed by atoms with Crippen LogP contribution < -0.4 is 5.32 Å². The number of aromatic nitrogens is 3. The number of nitrogens with one attached hydrogen (secondary N) is 1. The zero-order valence-electron chi connectivity index (χ0n) is 21.4. The van der Waals surface area contributed by atoms with Gasteiger partial charge in [0.1, 0.15) is 11.6 Å². The van der Waals surface area contributed by atoms with E-state index in [1.165, 1.54) is 36.7 Å². The first-order chi connectivity index (χ1) is 16.9. The number of nitrogens with zero attached hydrogens (tertiary/aromatic N) is 4. The molecule has 2 aliphatic heterocycles. The Morgan fingerprint density at radius 1 is 1.09 bits per heavy atom. The second-order valence-corrected chi connectivity index (χ2v) is 12.3. The van der Waals surface area contributed by atoms with E-state index in [2.05, 4.69) is 45.8 Å². The van der Waals surface area contributed by atoms with Gasteiger partial charge in [0.05, 0.1) is 6.04 Å². The molecule has 2 bridgehead atoms. The molecule has 0 radical (unpaired) electrons. The van der Waals surface area contributed by atoms with Crippen LogP contribution in [0.3, 0.4) is 0 Å². The minimum absolute atomic E-state index is 0.108. The Hall–Kier alpha value is -1.80. The molecule has 3 fully saturated rings. The van der Waals surface area contributed by atoms with Crippen LogP contribution in [-0.2, 0) is 4.79 Å². The number of carbonyl (C=O) groups is 1. The summed E-state index contributed by atoms with van der Waals surface area (Å²) < 4.78 is 16.3. The third kappa shape index (κ3) is 5.33. The largest absolute Gasteiger partial charge is 0.348 e. The molecular weight excluding hydrogens is 461 g/mol. The molecule has 3 aliphatic rings. The first-order valence-corrected chi connectivity index (χ1v) is 14.4. The first kappa shape index (κ1) is 24.9. The standard InChI is InChI=1S/C27H40FN5OS/c1-17(2)26-31-30-18(3)33(26)22-15-20-9-10-21(16-22)32(20)14-13-23(24-11-12-25(28)35-24)29-27(34)19-7-5-4-6-8-19/h11-12,17,19-23H,4-10,13-16H2,1-3H3,(H,29,34)/t20-,21+,22?,23-/m0/s1. The van der Waals surface area contributed by atoms with Crippen LogP contribution >= 0.6 is 11.3 Å². The van der Waals surface area contributed by atoms with Crippen molar-refractivity contribution in [2.75, 3.05) is 6.54 Å². The van der Waals surface area contributed by atoms with E-state index in [4.69, 9.17) is 0 Å². The van der Waals surface area contributed by atoms with Crippen molar-refractivity contribution in [1.82, 2.24) is 25.0 Å². The number of aryl methyl sites for hydroxylation is 1. The van der Waals surface area contributed by atoms with Crippen molar-refractivity contribution in [2.24, 2.45) is 5.92 Å².